The maximum Gasteiger partial charge on any atom is 0.339 e. The number of para-hydroxylation sites is 1. The molecule has 0 fully saturated rings. The maximum absolute atomic E-state index is 13.9. The predicted octanol–water partition coefficient (Wildman–Crippen LogP) is 4.35. The lowest BCUT2D eigenvalue weighted by atomic mass is 9.95. The Morgan fingerprint density at radius 2 is 1.82 bits per heavy atom. The minimum Gasteiger partial charge on any atom is -0.449 e. The van der Waals surface area contributed by atoms with Crippen LogP contribution in [0.1, 0.15) is 35.5 Å². The zero-order chi connectivity index (χ0) is 24.6. The summed E-state index contributed by atoms with van der Waals surface area (Å²) in [6.07, 6.45) is -0.889. The highest BCUT2D eigenvalue weighted by atomic mass is 19.2. The van der Waals surface area contributed by atoms with Crippen molar-refractivity contribution in [1.82, 2.24) is 9.88 Å². The third kappa shape index (κ3) is 4.33. The van der Waals surface area contributed by atoms with E-state index in [1.54, 1.807) is 29.6 Å². The van der Waals surface area contributed by atoms with Crippen molar-refractivity contribution < 1.29 is 31.9 Å². The molecule has 178 valence electrons. The van der Waals surface area contributed by atoms with Crippen molar-refractivity contribution in [2.75, 3.05) is 18.4 Å². The summed E-state index contributed by atoms with van der Waals surface area (Å²) in [5, 5.41) is 2.31. The number of benzene rings is 2. The van der Waals surface area contributed by atoms with Crippen molar-refractivity contribution in [2.24, 2.45) is 0 Å². The summed E-state index contributed by atoms with van der Waals surface area (Å²) in [5.41, 5.74) is 0.999. The molecule has 0 radical (unpaired) electrons. The van der Waals surface area contributed by atoms with Crippen molar-refractivity contribution in [1.29, 1.82) is 0 Å². The molecular weight excluding hydrogens is 454 g/mol. The van der Waals surface area contributed by atoms with Gasteiger partial charge in [-0.3, -0.25) is 14.7 Å². The van der Waals surface area contributed by atoms with Gasteiger partial charge in [0, 0.05) is 42.2 Å². The molecule has 0 spiro atoms. The predicted molar refractivity (Wildman–Crippen MR) is 116 cm³/mol. The fraction of sp³-hybridized carbons (Fsp3) is 0.292. The SMILES string of the molecule is CCN1CCc2nc3ccccc3c(C(=O)OC(C)C(=O)Nc3c(F)c(F)cc(F)c3F)c2C1. The quantitative estimate of drug-likeness (QED) is 0.338. The van der Waals surface area contributed by atoms with Crippen molar-refractivity contribution in [2.45, 2.75) is 32.9 Å². The van der Waals surface area contributed by atoms with Crippen molar-refractivity contribution in [3.8, 4) is 0 Å². The average Bonchev–Trinajstić information content (AvgIpc) is 2.83. The van der Waals surface area contributed by atoms with E-state index in [9.17, 15) is 27.2 Å². The first kappa shape index (κ1) is 23.6. The Morgan fingerprint density at radius 3 is 2.50 bits per heavy atom. The second-order valence-corrected chi connectivity index (χ2v) is 7.93. The van der Waals surface area contributed by atoms with Crippen molar-refractivity contribution in [3.05, 3.63) is 70.4 Å². The number of carbonyl (C=O) groups excluding carboxylic acids is 2. The highest BCUT2D eigenvalue weighted by molar-refractivity contribution is 6.06. The summed E-state index contributed by atoms with van der Waals surface area (Å²) in [6, 6.07) is 7.04. The van der Waals surface area contributed by atoms with Crippen LogP contribution < -0.4 is 5.32 Å². The first-order valence-corrected chi connectivity index (χ1v) is 10.7. The van der Waals surface area contributed by atoms with E-state index >= 15 is 0 Å². The number of hydrogen-bond acceptors (Lipinski definition) is 5. The van der Waals surface area contributed by atoms with E-state index < -0.39 is 46.9 Å². The zero-order valence-corrected chi connectivity index (χ0v) is 18.4. The number of halogens is 4. The smallest absolute Gasteiger partial charge is 0.339 e. The largest absolute Gasteiger partial charge is 0.449 e. The van der Waals surface area contributed by atoms with Gasteiger partial charge in [-0.1, -0.05) is 25.1 Å². The van der Waals surface area contributed by atoms with E-state index in [0.717, 1.165) is 18.8 Å². The van der Waals surface area contributed by atoms with Crippen LogP contribution in [-0.2, 0) is 22.5 Å². The first-order chi connectivity index (χ1) is 16.2. The Bertz CT molecular complexity index is 1270. The normalized spacial score (nSPS) is 14.5. The highest BCUT2D eigenvalue weighted by Gasteiger charge is 2.29. The summed E-state index contributed by atoms with van der Waals surface area (Å²) in [7, 11) is 0. The van der Waals surface area contributed by atoms with Crippen LogP contribution in [0.4, 0.5) is 23.2 Å². The molecule has 1 amide bonds. The Labute approximate surface area is 192 Å². The third-order valence-corrected chi connectivity index (χ3v) is 5.79. The minimum absolute atomic E-state index is 0.0288. The van der Waals surface area contributed by atoms with E-state index in [0.29, 0.717) is 29.4 Å². The van der Waals surface area contributed by atoms with Gasteiger partial charge in [0.05, 0.1) is 11.1 Å². The molecule has 2 aromatic carbocycles. The molecule has 10 heteroatoms. The van der Waals surface area contributed by atoms with Gasteiger partial charge in [0.25, 0.3) is 5.91 Å². The molecule has 6 nitrogen and oxygen atoms in total. The molecule has 4 rings (SSSR count). The van der Waals surface area contributed by atoms with Crippen molar-refractivity contribution in [3.63, 3.8) is 0 Å². The fourth-order valence-electron chi connectivity index (χ4n) is 3.93. The van der Waals surface area contributed by atoms with Crippen molar-refractivity contribution >= 4 is 28.5 Å². The van der Waals surface area contributed by atoms with Crippen LogP contribution >= 0.6 is 0 Å². The average molecular weight is 475 g/mol. The van der Waals surface area contributed by atoms with Crippen LogP contribution in [0.3, 0.4) is 0 Å². The zero-order valence-electron chi connectivity index (χ0n) is 18.4. The molecule has 0 saturated carbocycles. The second kappa shape index (κ2) is 9.38. The van der Waals surface area contributed by atoms with E-state index in [1.165, 1.54) is 6.92 Å². The molecule has 1 aromatic heterocycles. The molecule has 0 saturated heterocycles. The Balaban J connectivity index is 1.63. The van der Waals surface area contributed by atoms with Gasteiger partial charge in [0.1, 0.15) is 5.69 Å². The fourth-order valence-corrected chi connectivity index (χ4v) is 3.93. The van der Waals surface area contributed by atoms with E-state index in [2.05, 4.69) is 9.88 Å². The van der Waals surface area contributed by atoms with Crippen LogP contribution in [0.2, 0.25) is 0 Å². The molecule has 1 aliphatic heterocycles. The molecule has 0 aliphatic carbocycles. The molecule has 1 aliphatic rings. The summed E-state index contributed by atoms with van der Waals surface area (Å²) < 4.78 is 60.0. The number of ether oxygens (including phenoxy) is 1. The molecule has 1 N–H and O–H groups in total. The van der Waals surface area contributed by atoms with Gasteiger partial charge in [-0.2, -0.15) is 0 Å². The maximum atomic E-state index is 13.9. The van der Waals surface area contributed by atoms with Crippen LogP contribution in [0, 0.1) is 23.3 Å². The van der Waals surface area contributed by atoms with Gasteiger partial charge in [-0.05, 0) is 19.5 Å². The van der Waals surface area contributed by atoms with Crippen LogP contribution in [-0.4, -0.2) is 41.0 Å². The first-order valence-electron chi connectivity index (χ1n) is 10.7. The molecule has 0 bridgehead atoms. The summed E-state index contributed by atoms with van der Waals surface area (Å²) in [4.78, 5) is 32.5. The van der Waals surface area contributed by atoms with E-state index in [1.807, 2.05) is 6.92 Å². The van der Waals surface area contributed by atoms with Gasteiger partial charge in [0.15, 0.2) is 29.4 Å². The Kier molecular flexibility index (Phi) is 6.52. The highest BCUT2D eigenvalue weighted by Crippen LogP contribution is 2.29. The second-order valence-electron chi connectivity index (χ2n) is 7.93. The van der Waals surface area contributed by atoms with Gasteiger partial charge in [-0.25, -0.2) is 22.4 Å². The van der Waals surface area contributed by atoms with Gasteiger partial charge >= 0.3 is 5.97 Å². The van der Waals surface area contributed by atoms with Gasteiger partial charge in [-0.15, -0.1) is 0 Å². The lowest BCUT2D eigenvalue weighted by Gasteiger charge is -2.29. The van der Waals surface area contributed by atoms with Crippen LogP contribution in [0.15, 0.2) is 30.3 Å². The molecule has 34 heavy (non-hydrogen) atoms. The standard InChI is InChI=1S/C24H21F4N3O3/c1-3-31-9-8-18-14(11-31)19(13-6-4-5-7-17(13)29-18)24(33)34-12(2)23(32)30-22-20(27)15(25)10-16(26)21(22)28/h4-7,10,12H,3,8-9,11H2,1-2H3,(H,30,32). The number of carbonyl (C=O) groups is 2. The summed E-state index contributed by atoms with van der Waals surface area (Å²) in [5.74, 6) is -8.84. The van der Waals surface area contributed by atoms with E-state index in [-0.39, 0.29) is 11.6 Å². The van der Waals surface area contributed by atoms with Gasteiger partial charge in [0.2, 0.25) is 0 Å². The summed E-state index contributed by atoms with van der Waals surface area (Å²) in [6.45, 7) is 5.20. The Hall–Kier alpha value is -3.53. The number of amides is 1. The molecule has 3 aromatic rings. The number of esters is 1. The van der Waals surface area contributed by atoms with Gasteiger partial charge < -0.3 is 10.1 Å². The van der Waals surface area contributed by atoms with Crippen LogP contribution in [0.25, 0.3) is 10.9 Å². The monoisotopic (exact) mass is 475 g/mol. The number of aromatic nitrogens is 1. The number of anilines is 1. The number of nitrogens with one attached hydrogen (secondary N) is 1. The lowest BCUT2D eigenvalue weighted by Crippen LogP contribution is -2.34. The molecule has 1 atom stereocenters. The number of pyridine rings is 1. The number of hydrogen-bond donors (Lipinski definition) is 1. The topological polar surface area (TPSA) is 71.5 Å². The molecule has 2 heterocycles. The van der Waals surface area contributed by atoms with Crippen LogP contribution in [0.5, 0.6) is 0 Å². The van der Waals surface area contributed by atoms with E-state index in [4.69, 9.17) is 4.74 Å². The molecular formula is C24H21F4N3O3. The number of nitrogens with zero attached hydrogens (tertiary/aromatic N) is 2. The third-order valence-electron chi connectivity index (χ3n) is 5.79. The molecule has 1 unspecified atom stereocenters. The summed E-state index contributed by atoms with van der Waals surface area (Å²) >= 11 is 0. The Morgan fingerprint density at radius 1 is 1.15 bits per heavy atom. The number of likely N-dealkylation sites (N-methyl/N-ethyl adjacent to an activating group) is 1. The number of fused-ring (bicyclic) bond motifs is 2. The number of rotatable bonds is 5. The minimum atomic E-state index is -1.76. The lowest BCUT2D eigenvalue weighted by molar-refractivity contribution is -0.123.